The van der Waals surface area contributed by atoms with Crippen molar-refractivity contribution in [3.05, 3.63) is 58.3 Å². The third kappa shape index (κ3) is 3.74. The highest BCUT2D eigenvalue weighted by Gasteiger charge is 2.23. The lowest BCUT2D eigenvalue weighted by molar-refractivity contribution is 0.208. The van der Waals surface area contributed by atoms with Crippen LogP contribution in [0.1, 0.15) is 0 Å². The van der Waals surface area contributed by atoms with Gasteiger partial charge >= 0.3 is 6.03 Å². The van der Waals surface area contributed by atoms with Gasteiger partial charge in [-0.3, -0.25) is 0 Å². The van der Waals surface area contributed by atoms with Crippen LogP contribution in [0.2, 0.25) is 10.0 Å². The third-order valence-electron chi connectivity index (χ3n) is 3.91. The molecule has 7 heteroatoms. The van der Waals surface area contributed by atoms with E-state index in [1.54, 1.807) is 23.1 Å². The Bertz CT molecular complexity index is 748. The lowest BCUT2D eigenvalue weighted by Crippen LogP contribution is -2.50. The number of rotatable bonds is 2. The molecule has 126 valence electrons. The topological polar surface area (TPSA) is 35.6 Å². The Labute approximate surface area is 149 Å². The summed E-state index contributed by atoms with van der Waals surface area (Å²) < 4.78 is 13.2. The molecule has 2 aromatic rings. The van der Waals surface area contributed by atoms with Crippen LogP contribution >= 0.6 is 23.2 Å². The van der Waals surface area contributed by atoms with Crippen molar-refractivity contribution >= 4 is 40.6 Å². The molecular formula is C17H16Cl2FN3O. The van der Waals surface area contributed by atoms with Gasteiger partial charge < -0.3 is 15.1 Å². The van der Waals surface area contributed by atoms with E-state index in [1.165, 1.54) is 12.1 Å². The van der Waals surface area contributed by atoms with Crippen molar-refractivity contribution in [2.24, 2.45) is 0 Å². The Morgan fingerprint density at radius 3 is 2.46 bits per heavy atom. The number of amides is 2. The molecule has 4 nitrogen and oxygen atoms in total. The summed E-state index contributed by atoms with van der Waals surface area (Å²) in [6, 6.07) is 11.1. The maximum absolute atomic E-state index is 13.2. The van der Waals surface area contributed by atoms with Gasteiger partial charge in [-0.25, -0.2) is 9.18 Å². The molecule has 0 unspecified atom stereocenters. The van der Waals surface area contributed by atoms with Gasteiger partial charge in [-0.05, 0) is 30.3 Å². The average molecular weight is 368 g/mol. The van der Waals surface area contributed by atoms with E-state index in [9.17, 15) is 9.18 Å². The van der Waals surface area contributed by atoms with Crippen molar-refractivity contribution < 1.29 is 9.18 Å². The number of urea groups is 1. The normalized spacial score (nSPS) is 14.6. The molecule has 1 saturated heterocycles. The lowest BCUT2D eigenvalue weighted by Gasteiger charge is -2.36. The molecule has 0 aliphatic carbocycles. The first kappa shape index (κ1) is 16.9. The van der Waals surface area contributed by atoms with Gasteiger partial charge in [-0.15, -0.1) is 0 Å². The molecule has 0 bridgehead atoms. The van der Waals surface area contributed by atoms with Crippen LogP contribution in [0.3, 0.4) is 0 Å². The molecule has 3 rings (SSSR count). The van der Waals surface area contributed by atoms with Gasteiger partial charge in [0.15, 0.2) is 0 Å². The van der Waals surface area contributed by atoms with Gasteiger partial charge in [0.05, 0.1) is 15.7 Å². The van der Waals surface area contributed by atoms with Crippen LogP contribution in [0.25, 0.3) is 0 Å². The van der Waals surface area contributed by atoms with E-state index in [1.807, 2.05) is 12.1 Å². The molecule has 0 spiro atoms. The molecule has 1 aliphatic rings. The van der Waals surface area contributed by atoms with E-state index in [2.05, 4.69) is 10.2 Å². The van der Waals surface area contributed by atoms with Crippen molar-refractivity contribution in [1.29, 1.82) is 0 Å². The van der Waals surface area contributed by atoms with Gasteiger partial charge in [0, 0.05) is 31.9 Å². The van der Waals surface area contributed by atoms with Gasteiger partial charge in [0.2, 0.25) is 0 Å². The monoisotopic (exact) mass is 367 g/mol. The maximum atomic E-state index is 13.2. The van der Waals surface area contributed by atoms with Crippen molar-refractivity contribution in [2.75, 3.05) is 36.4 Å². The van der Waals surface area contributed by atoms with E-state index < -0.39 is 0 Å². The number of carbonyl (C=O) groups excluding carboxylic acids is 1. The molecule has 0 atom stereocenters. The Kier molecular flexibility index (Phi) is 5.11. The Morgan fingerprint density at radius 1 is 1.04 bits per heavy atom. The summed E-state index contributed by atoms with van der Waals surface area (Å²) in [5.41, 5.74) is 1.31. The molecule has 0 aromatic heterocycles. The second-order valence-corrected chi connectivity index (χ2v) is 6.27. The Balaban J connectivity index is 1.60. The first-order chi connectivity index (χ1) is 11.5. The summed E-state index contributed by atoms with van der Waals surface area (Å²) in [7, 11) is 0. The standard InChI is InChI=1S/C17H16Cl2FN3O/c18-14-5-2-6-15(16(14)19)22-7-9-23(10-8-22)17(24)21-13-4-1-3-12(20)11-13/h1-6,11H,7-10H2,(H,21,24). The molecule has 0 saturated carbocycles. The molecule has 2 aromatic carbocycles. The van der Waals surface area contributed by atoms with Crippen LogP contribution in [0.15, 0.2) is 42.5 Å². The van der Waals surface area contributed by atoms with Crippen molar-refractivity contribution in [3.63, 3.8) is 0 Å². The zero-order valence-corrected chi connectivity index (χ0v) is 14.3. The van der Waals surface area contributed by atoms with Gasteiger partial charge in [-0.2, -0.15) is 0 Å². The first-order valence-electron chi connectivity index (χ1n) is 7.55. The van der Waals surface area contributed by atoms with Crippen molar-refractivity contribution in [2.45, 2.75) is 0 Å². The number of piperazine rings is 1. The lowest BCUT2D eigenvalue weighted by atomic mass is 10.2. The van der Waals surface area contributed by atoms with E-state index in [4.69, 9.17) is 23.2 Å². The Hall–Kier alpha value is -1.98. The summed E-state index contributed by atoms with van der Waals surface area (Å²) >= 11 is 12.3. The minimum atomic E-state index is -0.381. The third-order valence-corrected chi connectivity index (χ3v) is 4.72. The van der Waals surface area contributed by atoms with Crippen LogP contribution in [-0.4, -0.2) is 37.1 Å². The van der Waals surface area contributed by atoms with Gasteiger partial charge in [0.25, 0.3) is 0 Å². The van der Waals surface area contributed by atoms with E-state index >= 15 is 0 Å². The molecule has 0 radical (unpaired) electrons. The van der Waals surface area contributed by atoms with E-state index in [0.29, 0.717) is 41.9 Å². The largest absolute Gasteiger partial charge is 0.367 e. The minimum Gasteiger partial charge on any atom is -0.367 e. The molecule has 2 amide bonds. The van der Waals surface area contributed by atoms with Crippen LogP contribution in [-0.2, 0) is 0 Å². The highest BCUT2D eigenvalue weighted by Crippen LogP contribution is 2.32. The number of carbonyl (C=O) groups is 1. The second-order valence-electron chi connectivity index (χ2n) is 5.49. The average Bonchev–Trinajstić information content (AvgIpc) is 2.57. The van der Waals surface area contributed by atoms with Crippen LogP contribution in [0, 0.1) is 5.82 Å². The van der Waals surface area contributed by atoms with Gasteiger partial charge in [0.1, 0.15) is 5.82 Å². The second kappa shape index (κ2) is 7.28. The summed E-state index contributed by atoms with van der Waals surface area (Å²) in [4.78, 5) is 16.1. The van der Waals surface area contributed by atoms with E-state index in [0.717, 1.165) is 5.69 Å². The molecule has 1 aliphatic heterocycles. The Morgan fingerprint density at radius 2 is 1.75 bits per heavy atom. The van der Waals surface area contributed by atoms with Crippen molar-refractivity contribution in [1.82, 2.24) is 4.90 Å². The summed E-state index contributed by atoms with van der Waals surface area (Å²) in [5.74, 6) is -0.381. The minimum absolute atomic E-state index is 0.238. The molecule has 1 heterocycles. The number of hydrogen-bond acceptors (Lipinski definition) is 2. The number of nitrogens with zero attached hydrogens (tertiary/aromatic N) is 2. The number of halogens is 3. The fourth-order valence-electron chi connectivity index (χ4n) is 2.66. The van der Waals surface area contributed by atoms with Crippen LogP contribution < -0.4 is 10.2 Å². The summed E-state index contributed by atoms with van der Waals surface area (Å²) in [5, 5.41) is 3.75. The highest BCUT2D eigenvalue weighted by molar-refractivity contribution is 6.43. The van der Waals surface area contributed by atoms with E-state index in [-0.39, 0.29) is 11.8 Å². The smallest absolute Gasteiger partial charge is 0.321 e. The molecule has 1 fully saturated rings. The number of nitrogens with one attached hydrogen (secondary N) is 1. The highest BCUT2D eigenvalue weighted by atomic mass is 35.5. The predicted octanol–water partition coefficient (Wildman–Crippen LogP) is 4.49. The fraction of sp³-hybridized carbons (Fsp3) is 0.235. The zero-order valence-electron chi connectivity index (χ0n) is 12.8. The van der Waals surface area contributed by atoms with Crippen LogP contribution in [0.5, 0.6) is 0 Å². The number of benzene rings is 2. The first-order valence-corrected chi connectivity index (χ1v) is 8.30. The number of anilines is 2. The molecule has 24 heavy (non-hydrogen) atoms. The SMILES string of the molecule is O=C(Nc1cccc(F)c1)N1CCN(c2cccc(Cl)c2Cl)CC1. The van der Waals surface area contributed by atoms with Gasteiger partial charge in [-0.1, -0.05) is 35.3 Å². The summed E-state index contributed by atoms with van der Waals surface area (Å²) in [6.07, 6.45) is 0. The quantitative estimate of drug-likeness (QED) is 0.848. The fourth-order valence-corrected chi connectivity index (χ4v) is 3.07. The zero-order chi connectivity index (χ0) is 17.1. The maximum Gasteiger partial charge on any atom is 0.321 e. The van der Waals surface area contributed by atoms with Crippen LogP contribution in [0.4, 0.5) is 20.6 Å². The molecular weight excluding hydrogens is 352 g/mol. The summed E-state index contributed by atoms with van der Waals surface area (Å²) in [6.45, 7) is 2.39. The molecule has 1 N–H and O–H groups in total. The predicted molar refractivity (Wildman–Crippen MR) is 95.7 cm³/mol. The number of hydrogen-bond donors (Lipinski definition) is 1. The van der Waals surface area contributed by atoms with Crippen molar-refractivity contribution in [3.8, 4) is 0 Å².